The number of halogens is 1. The maximum absolute atomic E-state index is 12.3. The van der Waals surface area contributed by atoms with E-state index < -0.39 is 0 Å². The van der Waals surface area contributed by atoms with Gasteiger partial charge >= 0.3 is 0 Å². The highest BCUT2D eigenvalue weighted by Crippen LogP contribution is 2.19. The quantitative estimate of drug-likeness (QED) is 0.839. The van der Waals surface area contributed by atoms with E-state index in [1.165, 1.54) is 11.1 Å². The van der Waals surface area contributed by atoms with Gasteiger partial charge in [-0.3, -0.25) is 4.79 Å². The molecule has 0 saturated carbocycles. The topological polar surface area (TPSA) is 54.0 Å². The third-order valence-electron chi connectivity index (χ3n) is 3.68. The number of carbonyl (C=O) groups excluding carboxylic acids is 1. The van der Waals surface area contributed by atoms with Crippen molar-refractivity contribution in [2.24, 2.45) is 0 Å². The fraction of sp³-hybridized carbons (Fsp3) is 0.250. The molecule has 0 saturated heterocycles. The Hall–Kier alpha value is -1.91. The van der Waals surface area contributed by atoms with E-state index >= 15 is 0 Å². The standard InChI is InChI=1S/C16H16ClN3O/c1-10-6-13(9-19-15(10)17)20-16(21)14-7-11-4-2-3-5-12(11)8-18-14/h2-6,9,14,18H,7-8H2,1H3,(H,20,21). The molecule has 1 amide bonds. The van der Waals surface area contributed by atoms with E-state index in [9.17, 15) is 4.79 Å². The molecule has 0 bridgehead atoms. The average molecular weight is 302 g/mol. The van der Waals surface area contributed by atoms with E-state index in [0.29, 0.717) is 23.8 Å². The van der Waals surface area contributed by atoms with Crippen LogP contribution >= 0.6 is 11.6 Å². The van der Waals surface area contributed by atoms with Crippen LogP contribution in [0.5, 0.6) is 0 Å². The molecule has 108 valence electrons. The highest BCUT2D eigenvalue weighted by Gasteiger charge is 2.23. The summed E-state index contributed by atoms with van der Waals surface area (Å²) in [6.07, 6.45) is 2.27. The lowest BCUT2D eigenvalue weighted by molar-refractivity contribution is -0.118. The molecule has 1 aromatic carbocycles. The minimum atomic E-state index is -0.226. The predicted octanol–water partition coefficient (Wildman–Crippen LogP) is 2.70. The monoisotopic (exact) mass is 301 g/mol. The van der Waals surface area contributed by atoms with Gasteiger partial charge in [0.25, 0.3) is 0 Å². The summed E-state index contributed by atoms with van der Waals surface area (Å²) in [6.45, 7) is 2.58. The fourth-order valence-electron chi connectivity index (χ4n) is 2.50. The average Bonchev–Trinajstić information content (AvgIpc) is 2.50. The number of hydrogen-bond acceptors (Lipinski definition) is 3. The van der Waals surface area contributed by atoms with Crippen molar-refractivity contribution < 1.29 is 4.79 Å². The van der Waals surface area contributed by atoms with Crippen molar-refractivity contribution in [3.63, 3.8) is 0 Å². The van der Waals surface area contributed by atoms with Gasteiger partial charge in [-0.05, 0) is 36.1 Å². The molecule has 1 aromatic heterocycles. The first-order chi connectivity index (χ1) is 10.1. The van der Waals surface area contributed by atoms with Gasteiger partial charge in [0.15, 0.2) is 0 Å². The summed E-state index contributed by atoms with van der Waals surface area (Å²) in [4.78, 5) is 16.4. The van der Waals surface area contributed by atoms with Crippen LogP contribution < -0.4 is 10.6 Å². The van der Waals surface area contributed by atoms with Gasteiger partial charge in [-0.2, -0.15) is 0 Å². The van der Waals surface area contributed by atoms with Gasteiger partial charge in [0.05, 0.1) is 17.9 Å². The number of aryl methyl sites for hydroxylation is 1. The van der Waals surface area contributed by atoms with E-state index in [1.54, 1.807) is 6.20 Å². The minimum absolute atomic E-state index is 0.0481. The Labute approximate surface area is 128 Å². The summed E-state index contributed by atoms with van der Waals surface area (Å²) >= 11 is 5.89. The lowest BCUT2D eigenvalue weighted by Crippen LogP contribution is -2.44. The Kier molecular flexibility index (Phi) is 3.90. The van der Waals surface area contributed by atoms with Gasteiger partial charge in [-0.1, -0.05) is 35.9 Å². The second-order valence-corrected chi connectivity index (χ2v) is 5.59. The Morgan fingerprint density at radius 2 is 2.14 bits per heavy atom. The molecule has 2 N–H and O–H groups in total. The molecule has 1 aliphatic heterocycles. The first-order valence-corrected chi connectivity index (χ1v) is 7.24. The summed E-state index contributed by atoms with van der Waals surface area (Å²) in [5.41, 5.74) is 3.99. The number of aromatic nitrogens is 1. The molecule has 1 unspecified atom stereocenters. The predicted molar refractivity (Wildman–Crippen MR) is 83.4 cm³/mol. The summed E-state index contributed by atoms with van der Waals surface area (Å²) in [5, 5.41) is 6.61. The Bertz CT molecular complexity index is 687. The Balaban J connectivity index is 1.70. The number of benzene rings is 1. The van der Waals surface area contributed by atoms with Gasteiger partial charge < -0.3 is 10.6 Å². The second-order valence-electron chi connectivity index (χ2n) is 5.23. The first-order valence-electron chi connectivity index (χ1n) is 6.86. The van der Waals surface area contributed by atoms with Crippen LogP contribution in [0, 0.1) is 6.92 Å². The number of amides is 1. The summed E-state index contributed by atoms with van der Waals surface area (Å²) in [6, 6.07) is 9.78. The third-order valence-corrected chi connectivity index (χ3v) is 4.08. The molecular weight excluding hydrogens is 286 g/mol. The fourth-order valence-corrected chi connectivity index (χ4v) is 2.60. The number of rotatable bonds is 2. The SMILES string of the molecule is Cc1cc(NC(=O)C2Cc3ccccc3CN2)cnc1Cl. The van der Waals surface area contributed by atoms with E-state index in [1.807, 2.05) is 25.1 Å². The zero-order chi connectivity index (χ0) is 14.8. The third kappa shape index (κ3) is 3.06. The molecule has 3 rings (SSSR count). The van der Waals surface area contributed by atoms with E-state index in [2.05, 4.69) is 27.8 Å². The molecule has 5 heteroatoms. The normalized spacial score (nSPS) is 17.1. The van der Waals surface area contributed by atoms with E-state index in [-0.39, 0.29) is 11.9 Å². The molecule has 0 aliphatic carbocycles. The first kappa shape index (κ1) is 14.0. The Morgan fingerprint density at radius 1 is 1.38 bits per heavy atom. The molecule has 2 heterocycles. The van der Waals surface area contributed by atoms with Gasteiger partial charge in [0.1, 0.15) is 5.15 Å². The summed E-state index contributed by atoms with van der Waals surface area (Å²) in [5.74, 6) is -0.0481. The van der Waals surface area contributed by atoms with Crippen LogP contribution in [0.3, 0.4) is 0 Å². The highest BCUT2D eigenvalue weighted by molar-refractivity contribution is 6.30. The van der Waals surface area contributed by atoms with Crippen molar-refractivity contribution >= 4 is 23.2 Å². The van der Waals surface area contributed by atoms with Crippen LogP contribution in [0.4, 0.5) is 5.69 Å². The highest BCUT2D eigenvalue weighted by atomic mass is 35.5. The molecule has 21 heavy (non-hydrogen) atoms. The lowest BCUT2D eigenvalue weighted by Gasteiger charge is -2.25. The van der Waals surface area contributed by atoms with Crippen molar-refractivity contribution in [2.75, 3.05) is 5.32 Å². The maximum atomic E-state index is 12.3. The Morgan fingerprint density at radius 3 is 2.90 bits per heavy atom. The number of nitrogens with one attached hydrogen (secondary N) is 2. The minimum Gasteiger partial charge on any atom is -0.323 e. The lowest BCUT2D eigenvalue weighted by atomic mass is 9.95. The van der Waals surface area contributed by atoms with Gasteiger partial charge in [0.2, 0.25) is 5.91 Å². The molecular formula is C16H16ClN3O. The largest absolute Gasteiger partial charge is 0.323 e. The smallest absolute Gasteiger partial charge is 0.241 e. The van der Waals surface area contributed by atoms with Crippen molar-refractivity contribution in [3.05, 3.63) is 58.4 Å². The van der Waals surface area contributed by atoms with Gasteiger partial charge in [-0.15, -0.1) is 0 Å². The molecule has 0 radical (unpaired) electrons. The second kappa shape index (κ2) is 5.84. The van der Waals surface area contributed by atoms with Crippen molar-refractivity contribution in [2.45, 2.75) is 25.9 Å². The van der Waals surface area contributed by atoms with Crippen LogP contribution in [0.1, 0.15) is 16.7 Å². The van der Waals surface area contributed by atoms with Crippen molar-refractivity contribution in [1.82, 2.24) is 10.3 Å². The number of nitrogens with zero attached hydrogens (tertiary/aromatic N) is 1. The van der Waals surface area contributed by atoms with Crippen LogP contribution in [-0.4, -0.2) is 16.9 Å². The zero-order valence-electron chi connectivity index (χ0n) is 11.7. The molecule has 1 atom stereocenters. The van der Waals surface area contributed by atoms with E-state index in [0.717, 1.165) is 5.56 Å². The molecule has 4 nitrogen and oxygen atoms in total. The molecule has 2 aromatic rings. The molecule has 0 spiro atoms. The summed E-state index contributed by atoms with van der Waals surface area (Å²) in [7, 11) is 0. The number of pyridine rings is 1. The van der Waals surface area contributed by atoms with Gasteiger partial charge in [0, 0.05) is 6.54 Å². The van der Waals surface area contributed by atoms with Crippen LogP contribution in [0.25, 0.3) is 0 Å². The number of fused-ring (bicyclic) bond motifs is 1. The number of carbonyl (C=O) groups is 1. The zero-order valence-corrected chi connectivity index (χ0v) is 12.4. The van der Waals surface area contributed by atoms with Crippen LogP contribution in [0.2, 0.25) is 5.15 Å². The maximum Gasteiger partial charge on any atom is 0.241 e. The molecule has 0 fully saturated rings. The van der Waals surface area contributed by atoms with Gasteiger partial charge in [-0.25, -0.2) is 4.98 Å². The van der Waals surface area contributed by atoms with Crippen LogP contribution in [-0.2, 0) is 17.8 Å². The van der Waals surface area contributed by atoms with Crippen molar-refractivity contribution in [3.8, 4) is 0 Å². The van der Waals surface area contributed by atoms with E-state index in [4.69, 9.17) is 11.6 Å². The summed E-state index contributed by atoms with van der Waals surface area (Å²) < 4.78 is 0. The number of anilines is 1. The number of hydrogen-bond donors (Lipinski definition) is 2. The van der Waals surface area contributed by atoms with Crippen molar-refractivity contribution in [1.29, 1.82) is 0 Å². The van der Waals surface area contributed by atoms with Crippen LogP contribution in [0.15, 0.2) is 36.5 Å². The molecule has 1 aliphatic rings.